The molecule has 2 fully saturated rings. The van der Waals surface area contributed by atoms with E-state index in [0.717, 1.165) is 36.1 Å². The van der Waals surface area contributed by atoms with Crippen molar-refractivity contribution in [3.63, 3.8) is 0 Å². The highest BCUT2D eigenvalue weighted by molar-refractivity contribution is 9.10. The van der Waals surface area contributed by atoms with Crippen LogP contribution in [-0.2, 0) is 4.79 Å². The van der Waals surface area contributed by atoms with Crippen molar-refractivity contribution in [2.45, 2.75) is 30.8 Å². The van der Waals surface area contributed by atoms with Crippen molar-refractivity contribution < 1.29 is 9.90 Å². The van der Waals surface area contributed by atoms with Crippen molar-refractivity contribution >= 4 is 27.6 Å². The zero-order valence-corrected chi connectivity index (χ0v) is 12.2. The van der Waals surface area contributed by atoms with E-state index >= 15 is 0 Å². The van der Waals surface area contributed by atoms with E-state index in [-0.39, 0.29) is 6.04 Å². The van der Waals surface area contributed by atoms with Gasteiger partial charge < -0.3 is 10.4 Å². The highest BCUT2D eigenvalue weighted by atomic mass is 79.9. The van der Waals surface area contributed by atoms with Crippen molar-refractivity contribution in [2.24, 2.45) is 0 Å². The second-order valence-electron chi connectivity index (χ2n) is 5.35. The van der Waals surface area contributed by atoms with E-state index in [1.165, 1.54) is 0 Å². The first-order valence-corrected chi connectivity index (χ1v) is 7.42. The van der Waals surface area contributed by atoms with Crippen LogP contribution in [0.2, 0.25) is 0 Å². The average Bonchev–Trinajstić information content (AvgIpc) is 2.96. The van der Waals surface area contributed by atoms with Gasteiger partial charge in [-0.05, 0) is 50.1 Å². The molecule has 2 saturated heterocycles. The van der Waals surface area contributed by atoms with Gasteiger partial charge in [0.15, 0.2) is 5.54 Å². The molecule has 4 nitrogen and oxygen atoms in total. The van der Waals surface area contributed by atoms with E-state index in [1.807, 2.05) is 24.3 Å². The summed E-state index contributed by atoms with van der Waals surface area (Å²) in [5, 5.41) is 13.0. The molecule has 3 rings (SSSR count). The van der Waals surface area contributed by atoms with Gasteiger partial charge in [0, 0.05) is 22.7 Å². The summed E-state index contributed by atoms with van der Waals surface area (Å²) in [5.41, 5.74) is 0.0454. The van der Waals surface area contributed by atoms with E-state index in [1.54, 1.807) is 0 Å². The van der Waals surface area contributed by atoms with Gasteiger partial charge in [-0.2, -0.15) is 0 Å². The van der Waals surface area contributed by atoms with Gasteiger partial charge in [0.1, 0.15) is 0 Å². The molecule has 2 atom stereocenters. The maximum atomic E-state index is 11.8. The Labute approximate surface area is 120 Å². The number of nitrogens with zero attached hydrogens (tertiary/aromatic N) is 1. The monoisotopic (exact) mass is 324 g/mol. The zero-order valence-electron chi connectivity index (χ0n) is 10.6. The number of hydrogen-bond donors (Lipinski definition) is 2. The van der Waals surface area contributed by atoms with Crippen molar-refractivity contribution in [1.29, 1.82) is 0 Å². The van der Waals surface area contributed by atoms with Crippen LogP contribution in [0.15, 0.2) is 28.7 Å². The minimum Gasteiger partial charge on any atom is -0.479 e. The van der Waals surface area contributed by atoms with Gasteiger partial charge in [0.25, 0.3) is 0 Å². The summed E-state index contributed by atoms with van der Waals surface area (Å²) >= 11 is 3.39. The number of carbonyl (C=O) groups is 1. The van der Waals surface area contributed by atoms with Crippen LogP contribution in [0.5, 0.6) is 0 Å². The Morgan fingerprint density at radius 1 is 1.37 bits per heavy atom. The molecule has 0 saturated carbocycles. The molecule has 5 heteroatoms. The summed E-state index contributed by atoms with van der Waals surface area (Å²) in [4.78, 5) is 14.1. The maximum absolute atomic E-state index is 11.8. The predicted octanol–water partition coefficient (Wildman–Crippen LogP) is 2.55. The summed E-state index contributed by atoms with van der Waals surface area (Å²) in [6, 6.07) is 7.82. The first-order valence-electron chi connectivity index (χ1n) is 6.63. The van der Waals surface area contributed by atoms with E-state index in [2.05, 4.69) is 26.1 Å². The normalized spacial score (nSPS) is 30.3. The number of carboxylic acid groups (broad SMARTS) is 1. The molecular weight excluding hydrogens is 308 g/mol. The summed E-state index contributed by atoms with van der Waals surface area (Å²) in [5.74, 6) is -0.732. The lowest BCUT2D eigenvalue weighted by Crippen LogP contribution is -2.54. The fraction of sp³-hybridized carbons (Fsp3) is 0.500. The Hall–Kier alpha value is -1.07. The lowest BCUT2D eigenvalue weighted by molar-refractivity contribution is -0.143. The molecule has 19 heavy (non-hydrogen) atoms. The molecule has 0 spiro atoms. The molecule has 2 aliphatic heterocycles. The SMILES string of the molecule is O=C(O)C1(Nc2ccc(Br)cc2)CCN2CCCC21. The van der Waals surface area contributed by atoms with Gasteiger partial charge in [-0.3, -0.25) is 4.90 Å². The Balaban J connectivity index is 1.89. The van der Waals surface area contributed by atoms with Gasteiger partial charge in [0.05, 0.1) is 0 Å². The smallest absolute Gasteiger partial charge is 0.331 e. The van der Waals surface area contributed by atoms with Crippen LogP contribution >= 0.6 is 15.9 Å². The Bertz CT molecular complexity index is 491. The van der Waals surface area contributed by atoms with E-state index in [9.17, 15) is 9.90 Å². The number of carboxylic acids is 1. The zero-order chi connectivity index (χ0) is 13.5. The van der Waals surface area contributed by atoms with Gasteiger partial charge in [-0.1, -0.05) is 15.9 Å². The van der Waals surface area contributed by atoms with Crippen LogP contribution in [0.25, 0.3) is 0 Å². The van der Waals surface area contributed by atoms with Crippen molar-refractivity contribution in [3.8, 4) is 0 Å². The van der Waals surface area contributed by atoms with Crippen LogP contribution in [0.3, 0.4) is 0 Å². The molecule has 1 aromatic rings. The molecule has 102 valence electrons. The number of fused-ring (bicyclic) bond motifs is 1. The molecule has 0 amide bonds. The highest BCUT2D eigenvalue weighted by Gasteiger charge is 2.54. The van der Waals surface area contributed by atoms with Crippen molar-refractivity contribution in [2.75, 3.05) is 18.4 Å². The molecule has 0 radical (unpaired) electrons. The number of aliphatic carboxylic acids is 1. The largest absolute Gasteiger partial charge is 0.479 e. The third kappa shape index (κ3) is 2.15. The Morgan fingerprint density at radius 3 is 2.79 bits per heavy atom. The number of nitrogens with one attached hydrogen (secondary N) is 1. The number of anilines is 1. The van der Waals surface area contributed by atoms with Crippen LogP contribution in [0.4, 0.5) is 5.69 Å². The molecule has 2 unspecified atom stereocenters. The summed E-state index contributed by atoms with van der Waals surface area (Å²) in [7, 11) is 0. The van der Waals surface area contributed by atoms with Gasteiger partial charge in [0.2, 0.25) is 0 Å². The van der Waals surface area contributed by atoms with Crippen molar-refractivity contribution in [1.82, 2.24) is 4.90 Å². The van der Waals surface area contributed by atoms with E-state index in [4.69, 9.17) is 0 Å². The molecule has 2 aliphatic rings. The van der Waals surface area contributed by atoms with Gasteiger partial charge in [-0.15, -0.1) is 0 Å². The Kier molecular flexibility index (Phi) is 3.27. The number of halogens is 1. The molecule has 0 bridgehead atoms. The first-order chi connectivity index (χ1) is 9.12. The number of rotatable bonds is 3. The third-order valence-corrected chi connectivity index (χ3v) is 4.85. The van der Waals surface area contributed by atoms with Crippen LogP contribution in [-0.4, -0.2) is 40.6 Å². The second kappa shape index (κ2) is 4.80. The molecular formula is C14H17BrN2O2. The Morgan fingerprint density at radius 2 is 2.11 bits per heavy atom. The average molecular weight is 325 g/mol. The number of hydrogen-bond acceptors (Lipinski definition) is 3. The van der Waals surface area contributed by atoms with Crippen LogP contribution in [0.1, 0.15) is 19.3 Å². The van der Waals surface area contributed by atoms with Gasteiger partial charge in [-0.25, -0.2) is 4.79 Å². The molecule has 1 aromatic carbocycles. The maximum Gasteiger partial charge on any atom is 0.331 e. The van der Waals surface area contributed by atoms with E-state index < -0.39 is 11.5 Å². The quantitative estimate of drug-likeness (QED) is 0.897. The minimum absolute atomic E-state index is 0.119. The fourth-order valence-corrected chi connectivity index (χ4v) is 3.64. The summed E-state index contributed by atoms with van der Waals surface area (Å²) in [6.07, 6.45) is 2.74. The van der Waals surface area contributed by atoms with Crippen molar-refractivity contribution in [3.05, 3.63) is 28.7 Å². The molecule has 0 aliphatic carbocycles. The number of benzene rings is 1. The molecule has 0 aromatic heterocycles. The van der Waals surface area contributed by atoms with E-state index in [0.29, 0.717) is 6.42 Å². The standard InChI is InChI=1S/C14H17BrN2O2/c15-10-3-5-11(6-4-10)16-14(13(18)19)7-9-17-8-1-2-12(14)17/h3-6,12,16H,1-2,7-9H2,(H,18,19). The summed E-state index contributed by atoms with van der Waals surface area (Å²) < 4.78 is 0.997. The van der Waals surface area contributed by atoms with Crippen LogP contribution < -0.4 is 5.32 Å². The third-order valence-electron chi connectivity index (χ3n) is 4.32. The lowest BCUT2D eigenvalue weighted by atomic mass is 9.88. The topological polar surface area (TPSA) is 52.6 Å². The highest BCUT2D eigenvalue weighted by Crippen LogP contribution is 2.38. The second-order valence-corrected chi connectivity index (χ2v) is 6.27. The lowest BCUT2D eigenvalue weighted by Gasteiger charge is -2.33. The van der Waals surface area contributed by atoms with Crippen LogP contribution in [0, 0.1) is 0 Å². The minimum atomic E-state index is -0.829. The first kappa shape index (κ1) is 12.9. The summed E-state index contributed by atoms with van der Waals surface area (Å²) in [6.45, 7) is 1.90. The van der Waals surface area contributed by atoms with Gasteiger partial charge >= 0.3 is 5.97 Å². The fourth-order valence-electron chi connectivity index (χ4n) is 3.38. The molecule has 2 heterocycles. The molecule has 2 N–H and O–H groups in total. The predicted molar refractivity (Wildman–Crippen MR) is 77.3 cm³/mol.